The summed E-state index contributed by atoms with van der Waals surface area (Å²) < 4.78 is 0. The minimum atomic E-state index is 0.123. The maximum Gasteiger partial charge on any atom is 0.0273 e. The number of rotatable bonds is 2. The minimum absolute atomic E-state index is 0.123. The Labute approximate surface area is 73.1 Å². The molecule has 0 spiro atoms. The molecule has 0 saturated carbocycles. The van der Waals surface area contributed by atoms with Crippen LogP contribution >= 0.6 is 0 Å². The van der Waals surface area contributed by atoms with Crippen molar-refractivity contribution in [3.63, 3.8) is 0 Å². The van der Waals surface area contributed by atoms with Crippen LogP contribution in [0, 0.1) is 0 Å². The van der Waals surface area contributed by atoms with E-state index in [1.165, 1.54) is 5.57 Å². The SMILES string of the molecule is C/C(=C\c1ccncc1)C(C)N. The van der Waals surface area contributed by atoms with E-state index in [4.69, 9.17) is 5.73 Å². The Balaban J connectivity index is 2.81. The maximum absolute atomic E-state index is 5.70. The lowest BCUT2D eigenvalue weighted by Gasteiger charge is -2.04. The first-order valence-electron chi connectivity index (χ1n) is 4.04. The fraction of sp³-hybridized carbons (Fsp3) is 0.300. The normalized spacial score (nSPS) is 14.4. The lowest BCUT2D eigenvalue weighted by Crippen LogP contribution is -2.15. The van der Waals surface area contributed by atoms with Gasteiger partial charge in [0.1, 0.15) is 0 Å². The van der Waals surface area contributed by atoms with Gasteiger partial charge in [-0.05, 0) is 31.5 Å². The zero-order valence-corrected chi connectivity index (χ0v) is 7.49. The Morgan fingerprint density at radius 3 is 2.58 bits per heavy atom. The molecule has 1 heterocycles. The summed E-state index contributed by atoms with van der Waals surface area (Å²) in [6.07, 6.45) is 5.63. The molecule has 0 aliphatic heterocycles. The molecule has 64 valence electrons. The molecule has 0 bridgehead atoms. The van der Waals surface area contributed by atoms with Gasteiger partial charge in [0.2, 0.25) is 0 Å². The molecule has 0 aromatic carbocycles. The van der Waals surface area contributed by atoms with Crippen LogP contribution in [0.3, 0.4) is 0 Å². The lowest BCUT2D eigenvalue weighted by atomic mass is 10.1. The van der Waals surface area contributed by atoms with Crippen molar-refractivity contribution >= 4 is 6.08 Å². The Morgan fingerprint density at radius 2 is 2.08 bits per heavy atom. The standard InChI is InChI=1S/C10H14N2/c1-8(9(2)11)7-10-3-5-12-6-4-10/h3-7,9H,11H2,1-2H3/b8-7+. The second kappa shape index (κ2) is 4.02. The number of nitrogens with two attached hydrogens (primary N) is 1. The topological polar surface area (TPSA) is 38.9 Å². The molecule has 1 rings (SSSR count). The first-order chi connectivity index (χ1) is 5.70. The zero-order chi connectivity index (χ0) is 8.97. The minimum Gasteiger partial charge on any atom is -0.324 e. The van der Waals surface area contributed by atoms with E-state index in [9.17, 15) is 0 Å². The first kappa shape index (κ1) is 8.94. The maximum atomic E-state index is 5.70. The van der Waals surface area contributed by atoms with Crippen LogP contribution in [0.5, 0.6) is 0 Å². The van der Waals surface area contributed by atoms with Gasteiger partial charge < -0.3 is 5.73 Å². The van der Waals surface area contributed by atoms with Crippen LogP contribution in [0.2, 0.25) is 0 Å². The van der Waals surface area contributed by atoms with E-state index < -0.39 is 0 Å². The van der Waals surface area contributed by atoms with Crippen molar-refractivity contribution in [2.75, 3.05) is 0 Å². The summed E-state index contributed by atoms with van der Waals surface area (Å²) in [6, 6.07) is 4.05. The summed E-state index contributed by atoms with van der Waals surface area (Å²) in [5.74, 6) is 0. The molecule has 1 aromatic heterocycles. The molecule has 1 aromatic rings. The zero-order valence-electron chi connectivity index (χ0n) is 7.49. The number of hydrogen-bond donors (Lipinski definition) is 1. The van der Waals surface area contributed by atoms with Crippen molar-refractivity contribution < 1.29 is 0 Å². The predicted molar refractivity (Wildman–Crippen MR) is 51.5 cm³/mol. The Kier molecular flexibility index (Phi) is 3.00. The number of hydrogen-bond acceptors (Lipinski definition) is 2. The van der Waals surface area contributed by atoms with Gasteiger partial charge >= 0.3 is 0 Å². The van der Waals surface area contributed by atoms with Crippen molar-refractivity contribution in [2.24, 2.45) is 5.73 Å². The third-order valence-electron chi connectivity index (χ3n) is 1.82. The number of pyridine rings is 1. The molecule has 0 radical (unpaired) electrons. The van der Waals surface area contributed by atoms with Crippen molar-refractivity contribution in [3.8, 4) is 0 Å². The summed E-state index contributed by atoms with van der Waals surface area (Å²) >= 11 is 0. The third kappa shape index (κ3) is 2.47. The highest BCUT2D eigenvalue weighted by Crippen LogP contribution is 2.06. The van der Waals surface area contributed by atoms with Crippen LogP contribution < -0.4 is 5.73 Å². The average Bonchev–Trinajstić information content (AvgIpc) is 2.06. The average molecular weight is 162 g/mol. The van der Waals surface area contributed by atoms with Gasteiger partial charge in [0.25, 0.3) is 0 Å². The summed E-state index contributed by atoms with van der Waals surface area (Å²) in [5.41, 5.74) is 8.03. The van der Waals surface area contributed by atoms with Gasteiger partial charge in [-0.1, -0.05) is 11.6 Å². The molecule has 0 saturated heterocycles. The van der Waals surface area contributed by atoms with Crippen LogP contribution in [0.15, 0.2) is 30.1 Å². The monoisotopic (exact) mass is 162 g/mol. The fourth-order valence-corrected chi connectivity index (χ4v) is 0.854. The Bertz CT molecular complexity index is 262. The molecule has 0 aliphatic carbocycles. The van der Waals surface area contributed by atoms with E-state index in [1.807, 2.05) is 26.0 Å². The van der Waals surface area contributed by atoms with Crippen molar-refractivity contribution in [2.45, 2.75) is 19.9 Å². The van der Waals surface area contributed by atoms with Gasteiger partial charge in [0.15, 0.2) is 0 Å². The van der Waals surface area contributed by atoms with Crippen LogP contribution in [0.25, 0.3) is 6.08 Å². The number of nitrogens with zero attached hydrogens (tertiary/aromatic N) is 1. The fourth-order valence-electron chi connectivity index (χ4n) is 0.854. The van der Waals surface area contributed by atoms with Crippen LogP contribution in [-0.4, -0.2) is 11.0 Å². The third-order valence-corrected chi connectivity index (χ3v) is 1.82. The highest BCUT2D eigenvalue weighted by molar-refractivity contribution is 5.52. The summed E-state index contributed by atoms with van der Waals surface area (Å²) in [7, 11) is 0. The van der Waals surface area contributed by atoms with E-state index in [1.54, 1.807) is 12.4 Å². The van der Waals surface area contributed by atoms with Gasteiger partial charge in [-0.3, -0.25) is 4.98 Å². The molecule has 2 N–H and O–H groups in total. The molecule has 0 aliphatic rings. The van der Waals surface area contributed by atoms with E-state index in [0.29, 0.717) is 0 Å². The van der Waals surface area contributed by atoms with Gasteiger partial charge in [-0.25, -0.2) is 0 Å². The molecule has 0 amide bonds. The summed E-state index contributed by atoms with van der Waals surface area (Å²) in [6.45, 7) is 4.01. The summed E-state index contributed by atoms with van der Waals surface area (Å²) in [5, 5.41) is 0. The molecular weight excluding hydrogens is 148 g/mol. The molecule has 1 atom stereocenters. The van der Waals surface area contributed by atoms with Gasteiger partial charge in [-0.15, -0.1) is 0 Å². The smallest absolute Gasteiger partial charge is 0.0273 e. The van der Waals surface area contributed by atoms with Gasteiger partial charge in [-0.2, -0.15) is 0 Å². The highest BCUT2D eigenvalue weighted by Gasteiger charge is 1.95. The second-order valence-electron chi connectivity index (χ2n) is 2.96. The first-order valence-corrected chi connectivity index (χ1v) is 4.04. The van der Waals surface area contributed by atoms with E-state index >= 15 is 0 Å². The van der Waals surface area contributed by atoms with E-state index in [0.717, 1.165) is 5.56 Å². The Morgan fingerprint density at radius 1 is 1.50 bits per heavy atom. The van der Waals surface area contributed by atoms with Crippen LogP contribution in [-0.2, 0) is 0 Å². The largest absolute Gasteiger partial charge is 0.324 e. The van der Waals surface area contributed by atoms with Crippen molar-refractivity contribution in [1.29, 1.82) is 0 Å². The van der Waals surface area contributed by atoms with Crippen molar-refractivity contribution in [3.05, 3.63) is 35.7 Å². The lowest BCUT2D eigenvalue weighted by molar-refractivity contribution is 0.868. The highest BCUT2D eigenvalue weighted by atomic mass is 14.6. The Hall–Kier alpha value is -1.15. The van der Waals surface area contributed by atoms with E-state index in [2.05, 4.69) is 11.1 Å². The number of aromatic nitrogens is 1. The quantitative estimate of drug-likeness (QED) is 0.720. The van der Waals surface area contributed by atoms with Crippen LogP contribution in [0.4, 0.5) is 0 Å². The van der Waals surface area contributed by atoms with Gasteiger partial charge in [0, 0.05) is 18.4 Å². The molecule has 0 fully saturated rings. The molecule has 2 heteroatoms. The van der Waals surface area contributed by atoms with Crippen molar-refractivity contribution in [1.82, 2.24) is 4.98 Å². The van der Waals surface area contributed by atoms with E-state index in [-0.39, 0.29) is 6.04 Å². The van der Waals surface area contributed by atoms with Crippen LogP contribution in [0.1, 0.15) is 19.4 Å². The van der Waals surface area contributed by atoms with Gasteiger partial charge in [0.05, 0.1) is 0 Å². The summed E-state index contributed by atoms with van der Waals surface area (Å²) in [4.78, 5) is 3.94. The molecule has 12 heavy (non-hydrogen) atoms. The second-order valence-corrected chi connectivity index (χ2v) is 2.96. The molecule has 2 nitrogen and oxygen atoms in total. The predicted octanol–water partition coefficient (Wildman–Crippen LogP) is 1.83. The molecular formula is C10H14N2. The molecule has 1 unspecified atom stereocenters.